The Kier molecular flexibility index (Phi) is 5.41. The SMILES string of the molecule is CCOC(=O)[C@@](C)(Cc1ccccc1)SC(C)=O. The highest BCUT2D eigenvalue weighted by Crippen LogP contribution is 2.31. The Balaban J connectivity index is 2.90. The molecular formula is C14H18O3S. The molecule has 1 aromatic rings. The molecule has 0 unspecified atom stereocenters. The molecule has 0 saturated carbocycles. The number of hydrogen-bond donors (Lipinski definition) is 0. The van der Waals surface area contributed by atoms with Gasteiger partial charge in [0.05, 0.1) is 6.61 Å². The van der Waals surface area contributed by atoms with Crippen LogP contribution in [-0.2, 0) is 20.7 Å². The first-order valence-electron chi connectivity index (χ1n) is 5.88. The van der Waals surface area contributed by atoms with Gasteiger partial charge < -0.3 is 4.74 Å². The van der Waals surface area contributed by atoms with E-state index in [1.54, 1.807) is 13.8 Å². The molecule has 0 amide bonds. The summed E-state index contributed by atoms with van der Waals surface area (Å²) in [6, 6.07) is 9.64. The van der Waals surface area contributed by atoms with E-state index in [1.165, 1.54) is 6.92 Å². The highest BCUT2D eigenvalue weighted by molar-refractivity contribution is 8.15. The molecule has 0 saturated heterocycles. The first-order valence-corrected chi connectivity index (χ1v) is 6.70. The van der Waals surface area contributed by atoms with Crippen molar-refractivity contribution in [2.24, 2.45) is 0 Å². The van der Waals surface area contributed by atoms with Crippen LogP contribution in [0.4, 0.5) is 0 Å². The molecule has 0 N–H and O–H groups in total. The zero-order chi connectivity index (χ0) is 13.6. The van der Waals surface area contributed by atoms with Gasteiger partial charge in [0.2, 0.25) is 0 Å². The van der Waals surface area contributed by atoms with Crippen molar-refractivity contribution in [3.05, 3.63) is 35.9 Å². The van der Waals surface area contributed by atoms with E-state index in [-0.39, 0.29) is 11.1 Å². The summed E-state index contributed by atoms with van der Waals surface area (Å²) in [6.07, 6.45) is 0.483. The molecule has 0 aliphatic carbocycles. The van der Waals surface area contributed by atoms with Crippen LogP contribution in [-0.4, -0.2) is 22.4 Å². The molecule has 0 heterocycles. The van der Waals surface area contributed by atoms with Crippen LogP contribution in [0.15, 0.2) is 30.3 Å². The van der Waals surface area contributed by atoms with Crippen molar-refractivity contribution < 1.29 is 14.3 Å². The lowest BCUT2D eigenvalue weighted by Gasteiger charge is -2.25. The standard InChI is InChI=1S/C14H18O3S/c1-4-17-13(16)14(3,18-11(2)15)10-12-8-6-5-7-9-12/h5-9H,4,10H2,1-3H3/t14-/m1/s1. The van der Waals surface area contributed by atoms with Crippen molar-refractivity contribution in [2.45, 2.75) is 31.9 Å². The molecule has 18 heavy (non-hydrogen) atoms. The Morgan fingerprint density at radius 3 is 2.39 bits per heavy atom. The monoisotopic (exact) mass is 266 g/mol. The summed E-state index contributed by atoms with van der Waals surface area (Å²) in [7, 11) is 0. The normalized spacial score (nSPS) is 13.7. The second kappa shape index (κ2) is 6.59. The van der Waals surface area contributed by atoms with Crippen molar-refractivity contribution in [2.75, 3.05) is 6.61 Å². The van der Waals surface area contributed by atoms with Crippen LogP contribution >= 0.6 is 11.8 Å². The van der Waals surface area contributed by atoms with Crippen LogP contribution in [0.5, 0.6) is 0 Å². The maximum absolute atomic E-state index is 12.0. The highest BCUT2D eigenvalue weighted by atomic mass is 32.2. The van der Waals surface area contributed by atoms with Gasteiger partial charge in [-0.1, -0.05) is 42.1 Å². The average Bonchev–Trinajstić information content (AvgIpc) is 2.29. The topological polar surface area (TPSA) is 43.4 Å². The number of carbonyl (C=O) groups excluding carboxylic acids is 2. The molecule has 0 radical (unpaired) electrons. The lowest BCUT2D eigenvalue weighted by molar-refractivity contribution is -0.145. The summed E-state index contributed by atoms with van der Waals surface area (Å²) in [5, 5.41) is -0.0820. The molecule has 0 aliphatic rings. The average molecular weight is 266 g/mol. The molecule has 4 heteroatoms. The molecule has 1 atom stereocenters. The molecule has 0 spiro atoms. The van der Waals surface area contributed by atoms with Gasteiger partial charge in [0.15, 0.2) is 5.12 Å². The second-order valence-corrected chi connectivity index (χ2v) is 5.89. The Bertz CT molecular complexity index is 416. The number of ether oxygens (including phenoxy) is 1. The number of hydrogen-bond acceptors (Lipinski definition) is 4. The van der Waals surface area contributed by atoms with Crippen LogP contribution in [0.25, 0.3) is 0 Å². The maximum atomic E-state index is 12.0. The zero-order valence-electron chi connectivity index (χ0n) is 10.9. The molecular weight excluding hydrogens is 248 g/mol. The first-order chi connectivity index (χ1) is 8.48. The van der Waals surface area contributed by atoms with E-state index >= 15 is 0 Å². The Morgan fingerprint density at radius 1 is 1.28 bits per heavy atom. The van der Waals surface area contributed by atoms with E-state index in [2.05, 4.69) is 0 Å². The number of carbonyl (C=O) groups is 2. The summed E-state index contributed by atoms with van der Waals surface area (Å²) in [5.41, 5.74) is 1.02. The summed E-state index contributed by atoms with van der Waals surface area (Å²) < 4.78 is 4.21. The number of benzene rings is 1. The third kappa shape index (κ3) is 4.18. The summed E-state index contributed by atoms with van der Waals surface area (Å²) in [5.74, 6) is -0.339. The molecule has 1 aromatic carbocycles. The predicted molar refractivity (Wildman–Crippen MR) is 73.5 cm³/mol. The van der Waals surface area contributed by atoms with E-state index in [0.29, 0.717) is 13.0 Å². The maximum Gasteiger partial charge on any atom is 0.322 e. The third-order valence-corrected chi connectivity index (χ3v) is 3.51. The third-order valence-electron chi connectivity index (χ3n) is 2.46. The molecule has 98 valence electrons. The smallest absolute Gasteiger partial charge is 0.322 e. The largest absolute Gasteiger partial charge is 0.465 e. The van der Waals surface area contributed by atoms with E-state index in [0.717, 1.165) is 17.3 Å². The Labute approximate surface area is 112 Å². The minimum atomic E-state index is -0.858. The molecule has 0 aromatic heterocycles. The zero-order valence-corrected chi connectivity index (χ0v) is 11.8. The molecule has 1 rings (SSSR count). The van der Waals surface area contributed by atoms with Gasteiger partial charge in [0, 0.05) is 6.92 Å². The molecule has 3 nitrogen and oxygen atoms in total. The fourth-order valence-electron chi connectivity index (χ4n) is 1.74. The van der Waals surface area contributed by atoms with Gasteiger partial charge in [-0.2, -0.15) is 0 Å². The van der Waals surface area contributed by atoms with Crippen LogP contribution < -0.4 is 0 Å². The molecule has 0 bridgehead atoms. The van der Waals surface area contributed by atoms with E-state index in [9.17, 15) is 9.59 Å². The van der Waals surface area contributed by atoms with Crippen LogP contribution in [0.3, 0.4) is 0 Å². The van der Waals surface area contributed by atoms with E-state index < -0.39 is 4.75 Å². The number of thioether (sulfide) groups is 1. The van der Waals surface area contributed by atoms with Gasteiger partial charge in [-0.15, -0.1) is 0 Å². The van der Waals surface area contributed by atoms with Gasteiger partial charge in [-0.05, 0) is 25.8 Å². The highest BCUT2D eigenvalue weighted by Gasteiger charge is 2.37. The summed E-state index contributed by atoms with van der Waals surface area (Å²) in [4.78, 5) is 23.3. The minimum absolute atomic E-state index is 0.0820. The molecule has 0 fully saturated rings. The van der Waals surface area contributed by atoms with Gasteiger partial charge in [0.25, 0.3) is 0 Å². The second-order valence-electron chi connectivity index (χ2n) is 4.21. The van der Waals surface area contributed by atoms with E-state index in [1.807, 2.05) is 30.3 Å². The predicted octanol–water partition coefficient (Wildman–Crippen LogP) is 2.83. The van der Waals surface area contributed by atoms with Crippen LogP contribution in [0.1, 0.15) is 26.3 Å². The van der Waals surface area contributed by atoms with Crippen molar-refractivity contribution in [3.63, 3.8) is 0 Å². The van der Waals surface area contributed by atoms with Crippen molar-refractivity contribution >= 4 is 22.8 Å². The van der Waals surface area contributed by atoms with Gasteiger partial charge in [-0.3, -0.25) is 9.59 Å². The van der Waals surface area contributed by atoms with Crippen molar-refractivity contribution in [1.82, 2.24) is 0 Å². The fourth-order valence-corrected chi connectivity index (χ4v) is 2.75. The van der Waals surface area contributed by atoms with Crippen LogP contribution in [0.2, 0.25) is 0 Å². The number of rotatable bonds is 5. The van der Waals surface area contributed by atoms with Gasteiger partial charge in [-0.25, -0.2) is 0 Å². The van der Waals surface area contributed by atoms with Crippen LogP contribution in [0, 0.1) is 0 Å². The lowest BCUT2D eigenvalue weighted by Crippen LogP contribution is -2.37. The Hall–Kier alpha value is -1.29. The van der Waals surface area contributed by atoms with Crippen molar-refractivity contribution in [3.8, 4) is 0 Å². The quantitative estimate of drug-likeness (QED) is 0.769. The first kappa shape index (κ1) is 14.8. The lowest BCUT2D eigenvalue weighted by atomic mass is 10.0. The van der Waals surface area contributed by atoms with Gasteiger partial charge in [0.1, 0.15) is 4.75 Å². The fraction of sp³-hybridized carbons (Fsp3) is 0.429. The summed E-state index contributed by atoms with van der Waals surface area (Å²) >= 11 is 1.03. The minimum Gasteiger partial charge on any atom is -0.465 e. The summed E-state index contributed by atoms with van der Waals surface area (Å²) in [6.45, 7) is 5.30. The van der Waals surface area contributed by atoms with Crippen molar-refractivity contribution in [1.29, 1.82) is 0 Å². The Morgan fingerprint density at radius 2 is 1.89 bits per heavy atom. The number of esters is 1. The van der Waals surface area contributed by atoms with Gasteiger partial charge >= 0.3 is 5.97 Å². The molecule has 0 aliphatic heterocycles. The van der Waals surface area contributed by atoms with E-state index in [4.69, 9.17) is 4.74 Å².